The molecule has 0 aliphatic heterocycles. The van der Waals surface area contributed by atoms with Crippen LogP contribution in [0.1, 0.15) is 10.4 Å². The van der Waals surface area contributed by atoms with Crippen molar-refractivity contribution in [2.24, 2.45) is 0 Å². The molecule has 1 aromatic carbocycles. The summed E-state index contributed by atoms with van der Waals surface area (Å²) < 4.78 is 0. The van der Waals surface area contributed by atoms with Crippen LogP contribution in [0.4, 0.5) is 5.69 Å². The molecule has 0 aliphatic rings. The van der Waals surface area contributed by atoms with E-state index < -0.39 is 5.97 Å². The molecule has 0 spiro atoms. The van der Waals surface area contributed by atoms with Gasteiger partial charge in [0.15, 0.2) is 0 Å². The predicted octanol–water partition coefficient (Wildman–Crippen LogP) is 0.0866. The first kappa shape index (κ1) is 9.05. The highest BCUT2D eigenvalue weighted by Crippen LogP contribution is 2.05. The van der Waals surface area contributed by atoms with E-state index in [9.17, 15) is 9.59 Å². The van der Waals surface area contributed by atoms with Crippen molar-refractivity contribution in [2.45, 2.75) is 0 Å². The maximum atomic E-state index is 11.0. The van der Waals surface area contributed by atoms with Crippen LogP contribution in [0.5, 0.6) is 0 Å². The molecule has 5 heteroatoms. The van der Waals surface area contributed by atoms with Crippen LogP contribution >= 0.6 is 0 Å². The fourth-order valence-electron chi connectivity index (χ4n) is 0.756. The van der Waals surface area contributed by atoms with E-state index >= 15 is 0 Å². The Hall–Kier alpha value is -2.04. The van der Waals surface area contributed by atoms with Gasteiger partial charge in [-0.3, -0.25) is 4.79 Å². The summed E-state index contributed by atoms with van der Waals surface area (Å²) in [6.45, 7) is 0. The molecule has 0 aliphatic carbocycles. The summed E-state index contributed by atoms with van der Waals surface area (Å²) in [5, 5.41) is 0. The second kappa shape index (κ2) is 4.10. The van der Waals surface area contributed by atoms with Crippen LogP contribution in [0.3, 0.4) is 0 Å². The number of rotatable bonds is 3. The number of hydrogen-bond donors (Lipinski definition) is 2. The van der Waals surface area contributed by atoms with E-state index in [-0.39, 0.29) is 6.41 Å². The molecule has 0 unspecified atom stereocenters. The Kier molecular flexibility index (Phi) is 2.86. The number of nitrogen functional groups attached to an aromatic ring is 1. The Balaban J connectivity index is 2.66. The molecule has 0 atom stereocenters. The zero-order valence-corrected chi connectivity index (χ0v) is 6.69. The van der Waals surface area contributed by atoms with Gasteiger partial charge in [-0.25, -0.2) is 4.79 Å². The highest BCUT2D eigenvalue weighted by Gasteiger charge is 2.05. The first-order chi connectivity index (χ1) is 6.24. The number of nitrogens with one attached hydrogen (secondary N) is 1. The van der Waals surface area contributed by atoms with Crippen molar-refractivity contribution in [1.29, 1.82) is 0 Å². The number of hydrogen-bond acceptors (Lipinski definition) is 4. The molecular weight excluding hydrogens is 172 g/mol. The summed E-state index contributed by atoms with van der Waals surface area (Å²) in [6.07, 6.45) is 0.273. The second-order valence-corrected chi connectivity index (χ2v) is 2.25. The van der Waals surface area contributed by atoms with Gasteiger partial charge in [0, 0.05) is 5.69 Å². The smallest absolute Gasteiger partial charge is 0.362 e. The van der Waals surface area contributed by atoms with Gasteiger partial charge in [-0.15, -0.1) is 0 Å². The fourth-order valence-corrected chi connectivity index (χ4v) is 0.756. The molecule has 1 aromatic rings. The average molecular weight is 180 g/mol. The number of amides is 1. The molecule has 0 saturated heterocycles. The van der Waals surface area contributed by atoms with Crippen molar-refractivity contribution in [3.8, 4) is 0 Å². The molecule has 0 bridgehead atoms. The molecule has 5 nitrogen and oxygen atoms in total. The first-order valence-corrected chi connectivity index (χ1v) is 3.50. The van der Waals surface area contributed by atoms with Crippen LogP contribution in [0, 0.1) is 0 Å². The van der Waals surface area contributed by atoms with Crippen LogP contribution in [0.25, 0.3) is 0 Å². The summed E-state index contributed by atoms with van der Waals surface area (Å²) in [6, 6.07) is 6.14. The monoisotopic (exact) mass is 180 g/mol. The Bertz CT molecular complexity index is 308. The minimum absolute atomic E-state index is 0.273. The Labute approximate surface area is 74.4 Å². The molecule has 68 valence electrons. The summed E-state index contributed by atoms with van der Waals surface area (Å²) in [4.78, 5) is 25.1. The van der Waals surface area contributed by atoms with Crippen LogP contribution < -0.4 is 11.2 Å². The van der Waals surface area contributed by atoms with Gasteiger partial charge in [-0.2, -0.15) is 5.48 Å². The highest BCUT2D eigenvalue weighted by atomic mass is 16.7. The van der Waals surface area contributed by atoms with Crippen LogP contribution in [0.15, 0.2) is 24.3 Å². The van der Waals surface area contributed by atoms with E-state index in [1.807, 2.05) is 0 Å². The third kappa shape index (κ3) is 2.48. The number of nitrogens with two attached hydrogens (primary N) is 1. The summed E-state index contributed by atoms with van der Waals surface area (Å²) in [5.74, 6) is -0.632. The fraction of sp³-hybridized carbons (Fsp3) is 0. The lowest BCUT2D eigenvalue weighted by molar-refractivity contribution is -0.117. The number of benzene rings is 1. The minimum Gasteiger partial charge on any atom is -0.399 e. The Morgan fingerprint density at radius 1 is 1.38 bits per heavy atom. The maximum absolute atomic E-state index is 11.0. The van der Waals surface area contributed by atoms with Gasteiger partial charge in [-0.05, 0) is 24.3 Å². The van der Waals surface area contributed by atoms with E-state index in [0.717, 1.165) is 0 Å². The molecular formula is C8H8N2O3. The van der Waals surface area contributed by atoms with Gasteiger partial charge in [-0.1, -0.05) is 0 Å². The van der Waals surface area contributed by atoms with Crippen LogP contribution in [0.2, 0.25) is 0 Å². The SMILES string of the molecule is Nc1ccc(C(=O)ONC=O)cc1. The van der Waals surface area contributed by atoms with Crippen molar-refractivity contribution in [1.82, 2.24) is 5.48 Å². The topological polar surface area (TPSA) is 81.4 Å². The van der Waals surface area contributed by atoms with Gasteiger partial charge < -0.3 is 10.6 Å². The summed E-state index contributed by atoms with van der Waals surface area (Å²) in [7, 11) is 0. The van der Waals surface area contributed by atoms with Gasteiger partial charge in [0.2, 0.25) is 6.41 Å². The highest BCUT2D eigenvalue weighted by molar-refractivity contribution is 5.89. The molecule has 0 radical (unpaired) electrons. The average Bonchev–Trinajstić information content (AvgIpc) is 2.15. The van der Waals surface area contributed by atoms with Gasteiger partial charge in [0.05, 0.1) is 5.56 Å². The van der Waals surface area contributed by atoms with E-state index in [4.69, 9.17) is 5.73 Å². The summed E-state index contributed by atoms with van der Waals surface area (Å²) in [5.41, 5.74) is 8.08. The molecule has 0 fully saturated rings. The third-order valence-corrected chi connectivity index (χ3v) is 1.35. The molecule has 0 saturated carbocycles. The van der Waals surface area contributed by atoms with E-state index in [2.05, 4.69) is 4.84 Å². The van der Waals surface area contributed by atoms with Gasteiger partial charge in [0.1, 0.15) is 0 Å². The number of anilines is 1. The largest absolute Gasteiger partial charge is 0.399 e. The molecule has 0 aromatic heterocycles. The van der Waals surface area contributed by atoms with Crippen molar-refractivity contribution in [3.05, 3.63) is 29.8 Å². The standard InChI is InChI=1S/C8H8N2O3/c9-7-3-1-6(2-4-7)8(12)13-10-5-11/h1-5H,9H2,(H,10,11). The lowest BCUT2D eigenvalue weighted by atomic mass is 10.2. The zero-order valence-electron chi connectivity index (χ0n) is 6.69. The maximum Gasteiger partial charge on any atom is 0.362 e. The van der Waals surface area contributed by atoms with Crippen molar-refractivity contribution < 1.29 is 14.4 Å². The molecule has 13 heavy (non-hydrogen) atoms. The second-order valence-electron chi connectivity index (χ2n) is 2.25. The molecule has 0 heterocycles. The quantitative estimate of drug-likeness (QED) is 0.392. The minimum atomic E-state index is -0.632. The third-order valence-electron chi connectivity index (χ3n) is 1.35. The zero-order chi connectivity index (χ0) is 9.68. The number of hydroxylamine groups is 1. The van der Waals surface area contributed by atoms with Crippen molar-refractivity contribution >= 4 is 18.1 Å². The molecule has 3 N–H and O–H groups in total. The molecule has 1 rings (SSSR count). The van der Waals surface area contributed by atoms with E-state index in [0.29, 0.717) is 11.3 Å². The normalized spacial score (nSPS) is 8.92. The number of carbonyl (C=O) groups excluding carboxylic acids is 2. The lowest BCUT2D eigenvalue weighted by Gasteiger charge is -2.00. The Morgan fingerprint density at radius 3 is 2.54 bits per heavy atom. The van der Waals surface area contributed by atoms with Gasteiger partial charge in [0.25, 0.3) is 0 Å². The Morgan fingerprint density at radius 2 is 2.00 bits per heavy atom. The van der Waals surface area contributed by atoms with Gasteiger partial charge >= 0.3 is 5.97 Å². The molecule has 1 amide bonds. The lowest BCUT2D eigenvalue weighted by Crippen LogP contribution is -2.17. The van der Waals surface area contributed by atoms with Crippen molar-refractivity contribution in [3.63, 3.8) is 0 Å². The van der Waals surface area contributed by atoms with Crippen LogP contribution in [-0.2, 0) is 9.63 Å². The van der Waals surface area contributed by atoms with E-state index in [1.54, 1.807) is 17.6 Å². The van der Waals surface area contributed by atoms with Crippen molar-refractivity contribution in [2.75, 3.05) is 5.73 Å². The predicted molar refractivity (Wildman–Crippen MR) is 45.5 cm³/mol. The van der Waals surface area contributed by atoms with Crippen LogP contribution in [-0.4, -0.2) is 12.4 Å². The summed E-state index contributed by atoms with van der Waals surface area (Å²) >= 11 is 0. The van der Waals surface area contributed by atoms with E-state index in [1.165, 1.54) is 12.1 Å². The first-order valence-electron chi connectivity index (χ1n) is 3.50. The number of carbonyl (C=O) groups is 2.